The van der Waals surface area contributed by atoms with Crippen LogP contribution in [0.3, 0.4) is 0 Å². The molecule has 1 fully saturated rings. The summed E-state index contributed by atoms with van der Waals surface area (Å²) < 4.78 is 38.1. The lowest BCUT2D eigenvalue weighted by molar-refractivity contribution is -0.0328. The van der Waals surface area contributed by atoms with Crippen molar-refractivity contribution < 1.29 is 13.2 Å². The van der Waals surface area contributed by atoms with Gasteiger partial charge in [0, 0.05) is 36.1 Å². The molecule has 7 heteroatoms. The zero-order chi connectivity index (χ0) is 13.2. The third-order valence-electron chi connectivity index (χ3n) is 3.30. The van der Waals surface area contributed by atoms with Gasteiger partial charge in [0.15, 0.2) is 0 Å². The average molecular weight is 279 g/mol. The Morgan fingerprint density at radius 1 is 1.56 bits per heavy atom. The van der Waals surface area contributed by atoms with Gasteiger partial charge in [-0.1, -0.05) is 6.92 Å². The normalized spacial score (nSPS) is 24.7. The summed E-state index contributed by atoms with van der Waals surface area (Å²) in [6.07, 6.45) is 4.38. The molecule has 102 valence electrons. The van der Waals surface area contributed by atoms with Gasteiger partial charge in [-0.25, -0.2) is 4.98 Å². The maximum atomic E-state index is 12.1. The zero-order valence-electron chi connectivity index (χ0n) is 10.1. The first kappa shape index (κ1) is 13.7. The third kappa shape index (κ3) is 3.20. The third-order valence-corrected chi connectivity index (χ3v) is 4.01. The van der Waals surface area contributed by atoms with Crippen molar-refractivity contribution in [3.05, 3.63) is 18.2 Å². The topological polar surface area (TPSA) is 29.9 Å². The number of aryl methyl sites for hydroxylation is 1. The van der Waals surface area contributed by atoms with E-state index in [0.717, 1.165) is 25.2 Å². The predicted molar refractivity (Wildman–Crippen MR) is 65.6 cm³/mol. The summed E-state index contributed by atoms with van der Waals surface area (Å²) in [7, 11) is 0. The standard InChI is InChI=1S/C11H16F3N3S/c1-10(2-3-15-7-10)9-6-16-8-17(9)4-5-18-11(12,13)14/h6,8,15H,2-5,7H2,1H3. The minimum atomic E-state index is -4.15. The number of rotatable bonds is 4. The fraction of sp³-hybridized carbons (Fsp3) is 0.727. The van der Waals surface area contributed by atoms with Crippen molar-refractivity contribution in [3.63, 3.8) is 0 Å². The van der Waals surface area contributed by atoms with Crippen LogP contribution in [0.25, 0.3) is 0 Å². The molecule has 1 atom stereocenters. The van der Waals surface area contributed by atoms with Crippen LogP contribution in [0.15, 0.2) is 12.5 Å². The Labute approximate surface area is 108 Å². The van der Waals surface area contributed by atoms with E-state index in [1.807, 2.05) is 4.57 Å². The number of nitrogens with one attached hydrogen (secondary N) is 1. The lowest BCUT2D eigenvalue weighted by Crippen LogP contribution is -2.28. The Morgan fingerprint density at radius 2 is 2.33 bits per heavy atom. The van der Waals surface area contributed by atoms with Crippen molar-refractivity contribution >= 4 is 11.8 Å². The molecular formula is C11H16F3N3S. The molecule has 0 bridgehead atoms. The molecular weight excluding hydrogens is 263 g/mol. The lowest BCUT2D eigenvalue weighted by Gasteiger charge is -2.24. The van der Waals surface area contributed by atoms with Crippen LogP contribution in [0, 0.1) is 0 Å². The fourth-order valence-corrected chi connectivity index (χ4v) is 2.82. The van der Waals surface area contributed by atoms with Crippen molar-refractivity contribution in [1.29, 1.82) is 0 Å². The minimum absolute atomic E-state index is 0.0145. The molecule has 0 aromatic carbocycles. The van der Waals surface area contributed by atoms with E-state index in [-0.39, 0.29) is 22.9 Å². The molecule has 1 N–H and O–H groups in total. The first-order chi connectivity index (χ1) is 8.41. The average Bonchev–Trinajstić information content (AvgIpc) is 2.85. The van der Waals surface area contributed by atoms with E-state index in [2.05, 4.69) is 17.2 Å². The molecule has 0 saturated carbocycles. The molecule has 1 aromatic rings. The monoisotopic (exact) mass is 279 g/mol. The number of thioether (sulfide) groups is 1. The molecule has 1 aromatic heterocycles. The highest BCUT2D eigenvalue weighted by molar-refractivity contribution is 8.00. The van der Waals surface area contributed by atoms with Gasteiger partial charge in [0.25, 0.3) is 0 Å². The van der Waals surface area contributed by atoms with Crippen LogP contribution in [-0.4, -0.2) is 33.9 Å². The summed E-state index contributed by atoms with van der Waals surface area (Å²) >= 11 is 0.0177. The van der Waals surface area contributed by atoms with E-state index in [9.17, 15) is 13.2 Å². The highest BCUT2D eigenvalue weighted by atomic mass is 32.2. The molecule has 0 spiro atoms. The van der Waals surface area contributed by atoms with Crippen LogP contribution in [0.4, 0.5) is 13.2 Å². The van der Waals surface area contributed by atoms with Gasteiger partial charge in [-0.3, -0.25) is 0 Å². The summed E-state index contributed by atoms with van der Waals surface area (Å²) in [5, 5.41) is 3.28. The Morgan fingerprint density at radius 3 is 2.94 bits per heavy atom. The van der Waals surface area contributed by atoms with Crippen molar-refractivity contribution in [2.75, 3.05) is 18.8 Å². The quantitative estimate of drug-likeness (QED) is 0.918. The van der Waals surface area contributed by atoms with E-state index < -0.39 is 5.51 Å². The Bertz CT molecular complexity index is 396. The smallest absolute Gasteiger partial charge is 0.333 e. The van der Waals surface area contributed by atoms with Crippen molar-refractivity contribution in [3.8, 4) is 0 Å². The molecule has 0 aliphatic carbocycles. The number of imidazole rings is 1. The van der Waals surface area contributed by atoms with Crippen molar-refractivity contribution in [2.45, 2.75) is 30.8 Å². The summed E-state index contributed by atoms with van der Waals surface area (Å²) in [4.78, 5) is 4.07. The maximum absolute atomic E-state index is 12.1. The number of alkyl halides is 3. The fourth-order valence-electron chi connectivity index (χ4n) is 2.30. The minimum Gasteiger partial charge on any atom is -0.333 e. The van der Waals surface area contributed by atoms with E-state index in [1.165, 1.54) is 0 Å². The van der Waals surface area contributed by atoms with Gasteiger partial charge in [0.05, 0.1) is 6.33 Å². The Balaban J connectivity index is 2.00. The second-order valence-corrected chi connectivity index (χ2v) is 5.91. The molecule has 2 rings (SSSR count). The number of hydrogen-bond donors (Lipinski definition) is 1. The molecule has 2 heterocycles. The molecule has 0 amide bonds. The summed E-state index contributed by atoms with van der Waals surface area (Å²) in [6.45, 7) is 4.26. The highest BCUT2D eigenvalue weighted by Gasteiger charge is 2.33. The highest BCUT2D eigenvalue weighted by Crippen LogP contribution is 2.32. The zero-order valence-corrected chi connectivity index (χ0v) is 10.9. The second-order valence-electron chi connectivity index (χ2n) is 4.75. The van der Waals surface area contributed by atoms with E-state index in [1.54, 1.807) is 12.5 Å². The van der Waals surface area contributed by atoms with Crippen molar-refractivity contribution in [2.24, 2.45) is 0 Å². The largest absolute Gasteiger partial charge is 0.441 e. The first-order valence-corrected chi connectivity index (χ1v) is 6.81. The van der Waals surface area contributed by atoms with Crippen LogP contribution in [0.2, 0.25) is 0 Å². The number of hydrogen-bond acceptors (Lipinski definition) is 3. The number of halogens is 3. The Hall–Kier alpha value is -0.690. The van der Waals surface area contributed by atoms with Crippen LogP contribution in [0.5, 0.6) is 0 Å². The first-order valence-electron chi connectivity index (χ1n) is 5.83. The van der Waals surface area contributed by atoms with Gasteiger partial charge >= 0.3 is 5.51 Å². The van der Waals surface area contributed by atoms with Crippen molar-refractivity contribution in [1.82, 2.24) is 14.9 Å². The van der Waals surface area contributed by atoms with Gasteiger partial charge in [-0.15, -0.1) is 0 Å². The summed E-state index contributed by atoms with van der Waals surface area (Å²) in [6, 6.07) is 0. The summed E-state index contributed by atoms with van der Waals surface area (Å²) in [5.74, 6) is 0.0242. The van der Waals surface area contributed by atoms with Crippen LogP contribution in [0.1, 0.15) is 19.0 Å². The summed E-state index contributed by atoms with van der Waals surface area (Å²) in [5.41, 5.74) is -3.14. The molecule has 1 unspecified atom stereocenters. The molecule has 1 aliphatic rings. The van der Waals surface area contributed by atoms with Gasteiger partial charge in [0.2, 0.25) is 0 Å². The van der Waals surface area contributed by atoms with Crippen LogP contribution in [-0.2, 0) is 12.0 Å². The molecule has 1 saturated heterocycles. The second kappa shape index (κ2) is 5.13. The Kier molecular flexibility index (Phi) is 3.91. The lowest BCUT2D eigenvalue weighted by atomic mass is 9.86. The predicted octanol–water partition coefficient (Wildman–Crippen LogP) is 2.39. The molecule has 1 aliphatic heterocycles. The van der Waals surface area contributed by atoms with Crippen LogP contribution >= 0.6 is 11.8 Å². The van der Waals surface area contributed by atoms with Gasteiger partial charge in [-0.05, 0) is 24.7 Å². The SMILES string of the molecule is CC1(c2cncn2CCSC(F)(F)F)CCNC1. The number of nitrogens with zero attached hydrogens (tertiary/aromatic N) is 2. The molecule has 0 radical (unpaired) electrons. The van der Waals surface area contributed by atoms with Crippen LogP contribution < -0.4 is 5.32 Å². The number of aromatic nitrogens is 2. The maximum Gasteiger partial charge on any atom is 0.441 e. The molecule has 18 heavy (non-hydrogen) atoms. The van der Waals surface area contributed by atoms with Gasteiger partial charge in [0.1, 0.15) is 0 Å². The van der Waals surface area contributed by atoms with E-state index in [4.69, 9.17) is 0 Å². The van der Waals surface area contributed by atoms with Gasteiger partial charge in [-0.2, -0.15) is 13.2 Å². The van der Waals surface area contributed by atoms with E-state index >= 15 is 0 Å². The molecule has 3 nitrogen and oxygen atoms in total. The van der Waals surface area contributed by atoms with Gasteiger partial charge < -0.3 is 9.88 Å². The van der Waals surface area contributed by atoms with E-state index in [0.29, 0.717) is 6.54 Å².